The minimum atomic E-state index is -0.505. The van der Waals surface area contributed by atoms with Crippen LogP contribution in [0.4, 0.5) is 0 Å². The number of hydrogen-bond donors (Lipinski definition) is 0. The fourth-order valence-electron chi connectivity index (χ4n) is 1.03. The zero-order valence-corrected chi connectivity index (χ0v) is 7.93. The number of amides is 1. The van der Waals surface area contributed by atoms with Crippen molar-refractivity contribution in [3.05, 3.63) is 0 Å². The van der Waals surface area contributed by atoms with Gasteiger partial charge in [0.05, 0.1) is 7.11 Å². The molecule has 0 aromatic heterocycles. The van der Waals surface area contributed by atoms with Crippen LogP contribution in [0.25, 0.3) is 0 Å². The predicted octanol–water partition coefficient (Wildman–Crippen LogP) is -0.258. The maximum absolute atomic E-state index is 11.0. The van der Waals surface area contributed by atoms with Gasteiger partial charge in [-0.05, 0) is 6.42 Å². The first-order valence-corrected chi connectivity index (χ1v) is 4.26. The van der Waals surface area contributed by atoms with E-state index in [0.717, 1.165) is 6.42 Å². The van der Waals surface area contributed by atoms with E-state index < -0.39 is 5.97 Å². The molecule has 0 aromatic carbocycles. The maximum atomic E-state index is 11.0. The van der Waals surface area contributed by atoms with E-state index in [1.165, 1.54) is 18.3 Å². The summed E-state index contributed by atoms with van der Waals surface area (Å²) in [7, 11) is 1.26. The minimum absolute atomic E-state index is 0.0235. The van der Waals surface area contributed by atoms with Crippen LogP contribution >= 0.6 is 0 Å². The third-order valence-electron chi connectivity index (χ3n) is 1.78. The van der Waals surface area contributed by atoms with Crippen LogP contribution in [0.5, 0.6) is 0 Å². The highest BCUT2D eigenvalue weighted by Crippen LogP contribution is 2.06. The molecule has 0 saturated carbocycles. The van der Waals surface area contributed by atoms with Gasteiger partial charge in [0.2, 0.25) is 12.5 Å². The van der Waals surface area contributed by atoms with Crippen molar-refractivity contribution in [2.75, 3.05) is 20.3 Å². The van der Waals surface area contributed by atoms with Gasteiger partial charge in [0, 0.05) is 13.0 Å². The van der Waals surface area contributed by atoms with Crippen LogP contribution < -0.4 is 0 Å². The average molecular weight is 200 g/mol. The van der Waals surface area contributed by atoms with Crippen LogP contribution in [0.1, 0.15) is 12.8 Å². The summed E-state index contributed by atoms with van der Waals surface area (Å²) >= 11 is 0. The van der Waals surface area contributed by atoms with Crippen molar-refractivity contribution >= 4 is 18.2 Å². The van der Waals surface area contributed by atoms with Gasteiger partial charge in [0.1, 0.15) is 6.34 Å². The molecule has 6 nitrogen and oxygen atoms in total. The Kier molecular flexibility index (Phi) is 3.90. The summed E-state index contributed by atoms with van der Waals surface area (Å²) in [6.45, 7) is 0.416. The number of rotatable bonds is 4. The summed E-state index contributed by atoms with van der Waals surface area (Å²) in [6.07, 6.45) is 2.67. The number of methoxy groups -OCH3 is 1. The lowest BCUT2D eigenvalue weighted by Gasteiger charge is -2.06. The molecule has 1 saturated heterocycles. The van der Waals surface area contributed by atoms with Gasteiger partial charge >= 0.3 is 5.97 Å². The highest BCUT2D eigenvalue weighted by atomic mass is 16.6. The number of esters is 1. The predicted molar refractivity (Wildman–Crippen MR) is 47.4 cm³/mol. The number of carbonyl (C=O) groups excluding carboxylic acids is 2. The van der Waals surface area contributed by atoms with E-state index in [1.807, 2.05) is 0 Å². The largest absolute Gasteiger partial charge is 0.466 e. The lowest BCUT2D eigenvalue weighted by atomic mass is 10.4. The Hall–Kier alpha value is -1.59. The molecule has 1 rings (SSSR count). The summed E-state index contributed by atoms with van der Waals surface area (Å²) in [5.41, 5.74) is 0. The van der Waals surface area contributed by atoms with Crippen molar-refractivity contribution in [1.82, 2.24) is 4.90 Å². The van der Waals surface area contributed by atoms with Gasteiger partial charge < -0.3 is 14.5 Å². The van der Waals surface area contributed by atoms with Gasteiger partial charge in [-0.25, -0.2) is 4.79 Å². The van der Waals surface area contributed by atoms with Crippen LogP contribution in [-0.2, 0) is 19.2 Å². The smallest absolute Gasteiger partial charge is 0.346 e. The number of hydrogen-bond acceptors (Lipinski definition) is 5. The molecule has 0 atom stereocenters. The molecule has 78 valence electrons. The molecule has 0 spiro atoms. The maximum Gasteiger partial charge on any atom is 0.346 e. The molecule has 6 heteroatoms. The Balaban J connectivity index is 2.20. The SMILES string of the molecule is COC(=O)CO/N=C/N1CCCC1=O. The quantitative estimate of drug-likeness (QED) is 0.271. The van der Waals surface area contributed by atoms with Gasteiger partial charge in [-0.2, -0.15) is 0 Å². The monoisotopic (exact) mass is 200 g/mol. The summed E-state index contributed by atoms with van der Waals surface area (Å²) < 4.78 is 4.33. The van der Waals surface area contributed by atoms with E-state index in [4.69, 9.17) is 0 Å². The van der Waals surface area contributed by atoms with E-state index in [1.54, 1.807) is 0 Å². The van der Waals surface area contributed by atoms with Crippen LogP contribution in [-0.4, -0.2) is 43.4 Å². The highest BCUT2D eigenvalue weighted by Gasteiger charge is 2.18. The number of nitrogens with zero attached hydrogens (tertiary/aromatic N) is 2. The normalized spacial score (nSPS) is 16.4. The molecule has 1 heterocycles. The van der Waals surface area contributed by atoms with Gasteiger partial charge in [-0.15, -0.1) is 0 Å². The Morgan fingerprint density at radius 3 is 3.07 bits per heavy atom. The van der Waals surface area contributed by atoms with Crippen molar-refractivity contribution < 1.29 is 19.2 Å². The molecule has 0 bridgehead atoms. The van der Waals surface area contributed by atoms with Crippen LogP contribution in [0.3, 0.4) is 0 Å². The second-order valence-electron chi connectivity index (χ2n) is 2.76. The molecule has 14 heavy (non-hydrogen) atoms. The van der Waals surface area contributed by atoms with Crippen molar-refractivity contribution in [3.8, 4) is 0 Å². The average Bonchev–Trinajstić information content (AvgIpc) is 2.58. The third kappa shape index (κ3) is 3.04. The van der Waals surface area contributed by atoms with Gasteiger partial charge in [-0.3, -0.25) is 4.79 Å². The molecular formula is C8H12N2O4. The van der Waals surface area contributed by atoms with Crippen molar-refractivity contribution in [2.24, 2.45) is 5.16 Å². The van der Waals surface area contributed by atoms with Crippen LogP contribution in [0, 0.1) is 0 Å². The van der Waals surface area contributed by atoms with Crippen molar-refractivity contribution in [3.63, 3.8) is 0 Å². The number of likely N-dealkylation sites (tertiary alicyclic amines) is 1. The molecule has 0 unspecified atom stereocenters. The lowest BCUT2D eigenvalue weighted by Crippen LogP contribution is -2.22. The summed E-state index contributed by atoms with van der Waals surface area (Å²) in [4.78, 5) is 27.7. The molecule has 0 N–H and O–H groups in total. The zero-order valence-electron chi connectivity index (χ0n) is 7.93. The van der Waals surface area contributed by atoms with Crippen molar-refractivity contribution in [2.45, 2.75) is 12.8 Å². The van der Waals surface area contributed by atoms with Crippen molar-refractivity contribution in [1.29, 1.82) is 0 Å². The first-order valence-electron chi connectivity index (χ1n) is 4.26. The third-order valence-corrected chi connectivity index (χ3v) is 1.78. The van der Waals surface area contributed by atoms with E-state index in [0.29, 0.717) is 13.0 Å². The molecular weight excluding hydrogens is 188 g/mol. The lowest BCUT2D eigenvalue weighted by molar-refractivity contribution is -0.145. The topological polar surface area (TPSA) is 68.2 Å². The highest BCUT2D eigenvalue weighted by molar-refractivity contribution is 5.89. The zero-order chi connectivity index (χ0) is 10.4. The fourth-order valence-corrected chi connectivity index (χ4v) is 1.03. The fraction of sp³-hybridized carbons (Fsp3) is 0.625. The van der Waals surface area contributed by atoms with E-state index in [9.17, 15) is 9.59 Å². The standard InChI is InChI=1S/C8H12N2O4/c1-13-8(12)5-14-9-6-10-4-2-3-7(10)11/h6H,2-5H2,1H3/b9-6+. The number of oxime groups is 1. The Labute approximate surface area is 81.4 Å². The van der Waals surface area contributed by atoms with Gasteiger partial charge in [0.25, 0.3) is 0 Å². The molecule has 1 amide bonds. The molecule has 0 aliphatic carbocycles. The first-order chi connectivity index (χ1) is 6.74. The van der Waals surface area contributed by atoms with Crippen LogP contribution in [0.2, 0.25) is 0 Å². The first kappa shape index (κ1) is 10.5. The summed E-state index contributed by atoms with van der Waals surface area (Å²) in [5.74, 6) is -0.481. The van der Waals surface area contributed by atoms with E-state index >= 15 is 0 Å². The second-order valence-corrected chi connectivity index (χ2v) is 2.76. The van der Waals surface area contributed by atoms with E-state index in [-0.39, 0.29) is 12.5 Å². The molecule has 1 fully saturated rings. The molecule has 1 aliphatic rings. The number of ether oxygens (including phenoxy) is 1. The van der Waals surface area contributed by atoms with Crippen LogP contribution in [0.15, 0.2) is 5.16 Å². The summed E-state index contributed by atoms with van der Waals surface area (Å²) in [5, 5.41) is 3.47. The van der Waals surface area contributed by atoms with Gasteiger partial charge in [-0.1, -0.05) is 5.16 Å². The number of carbonyl (C=O) groups is 2. The molecule has 1 aliphatic heterocycles. The Morgan fingerprint density at radius 2 is 2.50 bits per heavy atom. The van der Waals surface area contributed by atoms with E-state index in [2.05, 4.69) is 14.7 Å². The second kappa shape index (κ2) is 5.21. The minimum Gasteiger partial charge on any atom is -0.466 e. The summed E-state index contributed by atoms with van der Waals surface area (Å²) in [6, 6.07) is 0. The van der Waals surface area contributed by atoms with Gasteiger partial charge in [0.15, 0.2) is 0 Å². The Bertz CT molecular complexity index is 252. The molecule has 0 aromatic rings. The Morgan fingerprint density at radius 1 is 1.71 bits per heavy atom. The molecule has 0 radical (unpaired) electrons.